The molecular formula is C24H28N6O. The number of hydrogen-bond donors (Lipinski definition) is 0. The number of fused-ring (bicyclic) bond motifs is 1. The number of para-hydroxylation sites is 1. The van der Waals surface area contributed by atoms with Gasteiger partial charge < -0.3 is 9.80 Å². The van der Waals surface area contributed by atoms with Gasteiger partial charge in [0.25, 0.3) is 0 Å². The van der Waals surface area contributed by atoms with Crippen LogP contribution in [0, 0.1) is 0 Å². The van der Waals surface area contributed by atoms with E-state index >= 15 is 0 Å². The maximum atomic E-state index is 12.6. The van der Waals surface area contributed by atoms with Gasteiger partial charge in [-0.15, -0.1) is 0 Å². The third-order valence-corrected chi connectivity index (χ3v) is 6.24. The molecular weight excluding hydrogens is 388 g/mol. The van der Waals surface area contributed by atoms with Crippen LogP contribution in [0.1, 0.15) is 19.3 Å². The number of aromatic nitrogens is 3. The first-order valence-electron chi connectivity index (χ1n) is 11.2. The fourth-order valence-corrected chi connectivity index (χ4v) is 4.48. The molecule has 7 heteroatoms. The molecule has 0 atom stereocenters. The number of piperidine rings is 1. The average Bonchev–Trinajstić information content (AvgIpc) is 2.85. The van der Waals surface area contributed by atoms with E-state index in [1.54, 1.807) is 12.4 Å². The van der Waals surface area contributed by atoms with Crippen LogP contribution in [0.15, 0.2) is 48.8 Å². The Morgan fingerprint density at radius 2 is 1.68 bits per heavy atom. The second kappa shape index (κ2) is 8.98. The van der Waals surface area contributed by atoms with Crippen LogP contribution in [-0.4, -0.2) is 76.5 Å². The molecule has 1 amide bonds. The van der Waals surface area contributed by atoms with Crippen LogP contribution in [-0.2, 0) is 4.79 Å². The van der Waals surface area contributed by atoms with Gasteiger partial charge in [-0.25, -0.2) is 9.97 Å². The summed E-state index contributed by atoms with van der Waals surface area (Å²) in [6.07, 6.45) is 7.09. The number of piperazine rings is 1. The molecule has 2 aliphatic rings. The molecule has 0 bridgehead atoms. The normalized spacial score (nSPS) is 17.8. The fourth-order valence-electron chi connectivity index (χ4n) is 4.48. The SMILES string of the molecule is O=C(CN1CCN(c2nc(-c3cccnc3)nc3ccccc23)CC1)N1CCCCC1. The molecule has 1 aromatic carbocycles. The maximum Gasteiger partial charge on any atom is 0.236 e. The Labute approximate surface area is 182 Å². The predicted molar refractivity (Wildman–Crippen MR) is 122 cm³/mol. The molecule has 0 radical (unpaired) electrons. The number of benzene rings is 1. The molecule has 0 aliphatic carbocycles. The van der Waals surface area contributed by atoms with Crippen molar-refractivity contribution in [3.63, 3.8) is 0 Å². The molecule has 2 fully saturated rings. The van der Waals surface area contributed by atoms with E-state index in [4.69, 9.17) is 9.97 Å². The minimum absolute atomic E-state index is 0.277. The van der Waals surface area contributed by atoms with Gasteiger partial charge in [0.05, 0.1) is 12.1 Å². The van der Waals surface area contributed by atoms with Gasteiger partial charge in [-0.05, 0) is 43.5 Å². The smallest absolute Gasteiger partial charge is 0.236 e. The second-order valence-corrected chi connectivity index (χ2v) is 8.33. The average molecular weight is 417 g/mol. The standard InChI is InChI=1S/C24H28N6O/c31-22(29-11-4-1-5-12-29)18-28-13-15-30(16-14-28)24-20-8-2-3-9-21(20)26-23(27-24)19-7-6-10-25-17-19/h2-3,6-10,17H,1,4-5,11-16,18H2. The highest BCUT2D eigenvalue weighted by Crippen LogP contribution is 2.28. The molecule has 5 rings (SSSR count). The minimum atomic E-state index is 0.277. The second-order valence-electron chi connectivity index (χ2n) is 8.33. The lowest BCUT2D eigenvalue weighted by Gasteiger charge is -2.37. The number of pyridine rings is 1. The summed E-state index contributed by atoms with van der Waals surface area (Å²) < 4.78 is 0. The summed E-state index contributed by atoms with van der Waals surface area (Å²) >= 11 is 0. The molecule has 3 aromatic rings. The molecule has 0 unspecified atom stereocenters. The van der Waals surface area contributed by atoms with Crippen molar-refractivity contribution in [3.8, 4) is 11.4 Å². The summed E-state index contributed by atoms with van der Waals surface area (Å²) in [6, 6.07) is 12.1. The lowest BCUT2D eigenvalue weighted by molar-refractivity contribution is -0.133. The number of anilines is 1. The molecule has 160 valence electrons. The van der Waals surface area contributed by atoms with Crippen LogP contribution < -0.4 is 4.90 Å². The van der Waals surface area contributed by atoms with Gasteiger partial charge >= 0.3 is 0 Å². The van der Waals surface area contributed by atoms with Gasteiger partial charge in [-0.3, -0.25) is 14.7 Å². The number of hydrogen-bond acceptors (Lipinski definition) is 6. The van der Waals surface area contributed by atoms with E-state index in [9.17, 15) is 4.79 Å². The van der Waals surface area contributed by atoms with Crippen molar-refractivity contribution < 1.29 is 4.79 Å². The van der Waals surface area contributed by atoms with Crippen molar-refractivity contribution in [2.24, 2.45) is 0 Å². The summed E-state index contributed by atoms with van der Waals surface area (Å²) in [6.45, 7) is 5.78. The Balaban J connectivity index is 1.33. The van der Waals surface area contributed by atoms with Crippen molar-refractivity contribution in [1.82, 2.24) is 24.8 Å². The van der Waals surface area contributed by atoms with E-state index in [2.05, 4.69) is 20.9 Å². The van der Waals surface area contributed by atoms with Gasteiger partial charge in [0.1, 0.15) is 5.82 Å². The van der Waals surface area contributed by atoms with Crippen LogP contribution in [0.2, 0.25) is 0 Å². The lowest BCUT2D eigenvalue weighted by atomic mass is 10.1. The van der Waals surface area contributed by atoms with Crippen molar-refractivity contribution in [1.29, 1.82) is 0 Å². The summed E-state index contributed by atoms with van der Waals surface area (Å²) in [5.74, 6) is 1.94. The van der Waals surface area contributed by atoms with E-state index in [0.29, 0.717) is 12.4 Å². The number of nitrogens with zero attached hydrogens (tertiary/aromatic N) is 6. The number of rotatable bonds is 4. The predicted octanol–water partition coefficient (Wildman–Crippen LogP) is 2.83. The highest BCUT2D eigenvalue weighted by molar-refractivity contribution is 5.91. The number of carbonyl (C=O) groups is 1. The molecule has 0 saturated carbocycles. The van der Waals surface area contributed by atoms with Gasteiger partial charge in [-0.1, -0.05) is 12.1 Å². The van der Waals surface area contributed by atoms with Crippen LogP contribution >= 0.6 is 0 Å². The van der Waals surface area contributed by atoms with Crippen molar-refractivity contribution in [2.75, 3.05) is 50.7 Å². The van der Waals surface area contributed by atoms with Crippen molar-refractivity contribution in [2.45, 2.75) is 19.3 Å². The quantitative estimate of drug-likeness (QED) is 0.652. The Bertz CT molecular complexity index is 1040. The molecule has 7 nitrogen and oxygen atoms in total. The summed E-state index contributed by atoms with van der Waals surface area (Å²) in [5, 5.41) is 1.06. The van der Waals surface area contributed by atoms with Crippen molar-refractivity contribution in [3.05, 3.63) is 48.8 Å². The number of amides is 1. The third kappa shape index (κ3) is 4.37. The first-order chi connectivity index (χ1) is 15.3. The summed E-state index contributed by atoms with van der Waals surface area (Å²) in [4.78, 5) is 33.2. The minimum Gasteiger partial charge on any atom is -0.353 e. The first-order valence-corrected chi connectivity index (χ1v) is 11.2. The maximum absolute atomic E-state index is 12.6. The van der Waals surface area contributed by atoms with Gasteiger partial charge in [-0.2, -0.15) is 0 Å². The zero-order valence-corrected chi connectivity index (χ0v) is 17.8. The van der Waals surface area contributed by atoms with E-state index in [0.717, 1.165) is 74.4 Å². The van der Waals surface area contributed by atoms with Gasteiger partial charge in [0.15, 0.2) is 5.82 Å². The molecule has 0 spiro atoms. The molecule has 2 aliphatic heterocycles. The van der Waals surface area contributed by atoms with Gasteiger partial charge in [0, 0.05) is 62.6 Å². The van der Waals surface area contributed by atoms with E-state index in [1.165, 1.54) is 6.42 Å². The zero-order valence-electron chi connectivity index (χ0n) is 17.8. The van der Waals surface area contributed by atoms with Crippen LogP contribution in [0.25, 0.3) is 22.3 Å². The lowest BCUT2D eigenvalue weighted by Crippen LogP contribution is -2.51. The summed E-state index contributed by atoms with van der Waals surface area (Å²) in [5.41, 5.74) is 1.86. The Morgan fingerprint density at radius 3 is 2.45 bits per heavy atom. The van der Waals surface area contributed by atoms with Gasteiger partial charge in [0.2, 0.25) is 5.91 Å². The molecule has 2 saturated heterocycles. The Morgan fingerprint density at radius 1 is 0.871 bits per heavy atom. The van der Waals surface area contributed by atoms with E-state index in [-0.39, 0.29) is 5.91 Å². The van der Waals surface area contributed by atoms with Crippen molar-refractivity contribution >= 4 is 22.6 Å². The summed E-state index contributed by atoms with van der Waals surface area (Å²) in [7, 11) is 0. The highest BCUT2D eigenvalue weighted by Gasteiger charge is 2.24. The van der Waals surface area contributed by atoms with Crippen LogP contribution in [0.4, 0.5) is 5.82 Å². The first kappa shape index (κ1) is 19.9. The molecule has 2 aromatic heterocycles. The van der Waals surface area contributed by atoms with Crippen LogP contribution in [0.5, 0.6) is 0 Å². The fraction of sp³-hybridized carbons (Fsp3) is 0.417. The van der Waals surface area contributed by atoms with E-state index in [1.807, 2.05) is 35.2 Å². The zero-order chi connectivity index (χ0) is 21.0. The van der Waals surface area contributed by atoms with E-state index < -0.39 is 0 Å². The Kier molecular flexibility index (Phi) is 5.76. The third-order valence-electron chi connectivity index (χ3n) is 6.24. The largest absolute Gasteiger partial charge is 0.353 e. The number of carbonyl (C=O) groups excluding carboxylic acids is 1. The highest BCUT2D eigenvalue weighted by atomic mass is 16.2. The molecule has 31 heavy (non-hydrogen) atoms. The molecule has 4 heterocycles. The number of likely N-dealkylation sites (tertiary alicyclic amines) is 1. The topological polar surface area (TPSA) is 65.5 Å². The van der Waals surface area contributed by atoms with Crippen LogP contribution in [0.3, 0.4) is 0 Å². The Hall–Kier alpha value is -3.06. The monoisotopic (exact) mass is 416 g/mol. The molecule has 0 N–H and O–H groups in total.